The van der Waals surface area contributed by atoms with Gasteiger partial charge in [0, 0.05) is 6.04 Å². The monoisotopic (exact) mass is 294 g/mol. The molecule has 8 nitrogen and oxygen atoms in total. The minimum absolute atomic E-state index is 0.210. The van der Waals surface area contributed by atoms with E-state index in [0.29, 0.717) is 0 Å². The smallest absolute Gasteiger partial charge is 0.339 e. The average Bonchev–Trinajstić information content (AvgIpc) is 2.33. The Bertz CT molecular complexity index is 493. The zero-order valence-electron chi connectivity index (χ0n) is 10.7. The maximum absolute atomic E-state index is 12.6. The molecular weight excluding hydrogens is 281 g/mol. The van der Waals surface area contributed by atoms with Gasteiger partial charge in [0.1, 0.15) is 12.7 Å². The fourth-order valence-electron chi connectivity index (χ4n) is 1.47. The number of nitro groups is 1. The molecule has 11 heteroatoms. The van der Waals surface area contributed by atoms with Gasteiger partial charge in [-0.25, -0.2) is 10.8 Å². The van der Waals surface area contributed by atoms with Crippen molar-refractivity contribution in [3.63, 3.8) is 0 Å². The summed E-state index contributed by atoms with van der Waals surface area (Å²) in [6.45, 7) is 1.56. The van der Waals surface area contributed by atoms with Gasteiger partial charge in [-0.3, -0.25) is 15.5 Å². The Labute approximate surface area is 111 Å². The topological polar surface area (TPSA) is 110 Å². The van der Waals surface area contributed by atoms with Crippen LogP contribution in [-0.2, 0) is 0 Å². The van der Waals surface area contributed by atoms with Gasteiger partial charge in [0.25, 0.3) is 0 Å². The minimum Gasteiger partial charge on any atom is -0.339 e. The van der Waals surface area contributed by atoms with Crippen LogP contribution < -0.4 is 16.2 Å². The molecule has 1 heterocycles. The van der Waals surface area contributed by atoms with Gasteiger partial charge in [0.2, 0.25) is 11.8 Å². The van der Waals surface area contributed by atoms with E-state index in [1.165, 1.54) is 13.8 Å². The van der Waals surface area contributed by atoms with Crippen molar-refractivity contribution in [2.75, 3.05) is 16.9 Å². The fourth-order valence-corrected chi connectivity index (χ4v) is 1.47. The predicted octanol–water partition coefficient (Wildman–Crippen LogP) is 1.45. The molecule has 0 amide bonds. The van der Waals surface area contributed by atoms with E-state index in [1.807, 2.05) is 5.43 Å². The van der Waals surface area contributed by atoms with Crippen LogP contribution in [0.4, 0.5) is 30.6 Å². The van der Waals surface area contributed by atoms with Crippen molar-refractivity contribution in [3.05, 3.63) is 16.3 Å². The Hall–Kier alpha value is -2.17. The van der Waals surface area contributed by atoms with Gasteiger partial charge in [0.15, 0.2) is 0 Å². The SMILES string of the molecule is CC(C)N(CC(F)(F)F)c1nc(NN)ncc1[N+](=O)[O-]. The molecule has 1 aromatic heterocycles. The van der Waals surface area contributed by atoms with Gasteiger partial charge in [-0.1, -0.05) is 0 Å². The molecule has 0 spiro atoms. The Morgan fingerprint density at radius 3 is 2.55 bits per heavy atom. The number of rotatable bonds is 5. The molecule has 0 aromatic carbocycles. The molecule has 0 radical (unpaired) electrons. The van der Waals surface area contributed by atoms with Gasteiger partial charge >= 0.3 is 11.9 Å². The lowest BCUT2D eigenvalue weighted by molar-refractivity contribution is -0.384. The molecule has 0 aliphatic carbocycles. The van der Waals surface area contributed by atoms with Crippen LogP contribution in [0, 0.1) is 10.1 Å². The Morgan fingerprint density at radius 1 is 1.55 bits per heavy atom. The van der Waals surface area contributed by atoms with Gasteiger partial charge in [-0.05, 0) is 13.8 Å². The fraction of sp³-hybridized carbons (Fsp3) is 0.556. The van der Waals surface area contributed by atoms with Crippen LogP contribution in [0.15, 0.2) is 6.20 Å². The number of halogens is 3. The summed E-state index contributed by atoms with van der Waals surface area (Å²) < 4.78 is 37.7. The Balaban J connectivity index is 3.33. The number of nitrogens with two attached hydrogens (primary N) is 1. The molecule has 0 aliphatic heterocycles. The van der Waals surface area contributed by atoms with E-state index in [1.54, 1.807) is 0 Å². The normalized spacial score (nSPS) is 11.6. The zero-order chi connectivity index (χ0) is 15.5. The van der Waals surface area contributed by atoms with Crippen LogP contribution in [0.25, 0.3) is 0 Å². The first-order valence-corrected chi connectivity index (χ1v) is 5.47. The number of hydrazine groups is 1. The van der Waals surface area contributed by atoms with Crippen molar-refractivity contribution in [1.29, 1.82) is 0 Å². The van der Waals surface area contributed by atoms with Gasteiger partial charge in [-0.15, -0.1) is 0 Å². The average molecular weight is 294 g/mol. The van der Waals surface area contributed by atoms with Crippen molar-refractivity contribution in [2.45, 2.75) is 26.1 Å². The van der Waals surface area contributed by atoms with E-state index in [9.17, 15) is 23.3 Å². The van der Waals surface area contributed by atoms with Crippen LogP contribution in [0.2, 0.25) is 0 Å². The molecule has 0 unspecified atom stereocenters. The number of nitrogens with zero attached hydrogens (tertiary/aromatic N) is 4. The molecule has 112 valence electrons. The molecule has 3 N–H and O–H groups in total. The molecule has 20 heavy (non-hydrogen) atoms. The second-order valence-electron chi connectivity index (χ2n) is 4.14. The second-order valence-corrected chi connectivity index (χ2v) is 4.14. The number of nitrogen functional groups attached to an aromatic ring is 1. The lowest BCUT2D eigenvalue weighted by Crippen LogP contribution is -2.40. The third-order valence-corrected chi connectivity index (χ3v) is 2.32. The lowest BCUT2D eigenvalue weighted by Gasteiger charge is -2.28. The minimum atomic E-state index is -4.53. The number of aromatic nitrogens is 2. The van der Waals surface area contributed by atoms with Gasteiger partial charge < -0.3 is 4.90 Å². The first-order chi connectivity index (χ1) is 9.15. The van der Waals surface area contributed by atoms with Crippen LogP contribution in [0.5, 0.6) is 0 Å². The molecule has 0 atom stereocenters. The van der Waals surface area contributed by atoms with E-state index in [4.69, 9.17) is 5.84 Å². The predicted molar refractivity (Wildman–Crippen MR) is 65.0 cm³/mol. The molecule has 1 rings (SSSR count). The lowest BCUT2D eigenvalue weighted by atomic mass is 10.3. The largest absolute Gasteiger partial charge is 0.405 e. The molecule has 1 aromatic rings. The van der Waals surface area contributed by atoms with E-state index in [2.05, 4.69) is 9.97 Å². The van der Waals surface area contributed by atoms with Crippen molar-refractivity contribution >= 4 is 17.5 Å². The van der Waals surface area contributed by atoms with Crippen molar-refractivity contribution in [2.24, 2.45) is 5.84 Å². The number of alkyl halides is 3. The Kier molecular flexibility index (Phi) is 4.65. The number of hydrogen-bond acceptors (Lipinski definition) is 7. The zero-order valence-corrected chi connectivity index (χ0v) is 10.7. The summed E-state index contributed by atoms with van der Waals surface area (Å²) in [5, 5.41) is 10.9. The summed E-state index contributed by atoms with van der Waals surface area (Å²) in [7, 11) is 0. The van der Waals surface area contributed by atoms with Crippen LogP contribution in [0.3, 0.4) is 0 Å². The molecule has 0 aliphatic rings. The first kappa shape index (κ1) is 15.9. The first-order valence-electron chi connectivity index (χ1n) is 5.47. The highest BCUT2D eigenvalue weighted by Gasteiger charge is 2.35. The highest BCUT2D eigenvalue weighted by Crippen LogP contribution is 2.30. The third-order valence-electron chi connectivity index (χ3n) is 2.32. The van der Waals surface area contributed by atoms with Crippen molar-refractivity contribution in [3.8, 4) is 0 Å². The maximum Gasteiger partial charge on any atom is 0.405 e. The Morgan fingerprint density at radius 2 is 2.15 bits per heavy atom. The quantitative estimate of drug-likeness (QED) is 0.480. The summed E-state index contributed by atoms with van der Waals surface area (Å²) in [6, 6.07) is -0.657. The summed E-state index contributed by atoms with van der Waals surface area (Å²) >= 11 is 0. The van der Waals surface area contributed by atoms with Gasteiger partial charge in [0.05, 0.1) is 4.92 Å². The molecule has 0 fully saturated rings. The number of anilines is 2. The van der Waals surface area contributed by atoms with Crippen LogP contribution in [0.1, 0.15) is 13.8 Å². The maximum atomic E-state index is 12.6. The van der Waals surface area contributed by atoms with Crippen LogP contribution in [-0.4, -0.2) is 33.7 Å². The van der Waals surface area contributed by atoms with Crippen molar-refractivity contribution in [1.82, 2.24) is 9.97 Å². The second kappa shape index (κ2) is 5.86. The highest BCUT2D eigenvalue weighted by molar-refractivity contribution is 5.59. The van der Waals surface area contributed by atoms with Crippen LogP contribution >= 0.6 is 0 Å². The summed E-state index contributed by atoms with van der Waals surface area (Å²) in [5.74, 6) is 4.41. The standard InChI is InChI=1S/C9H13F3N6O2/c1-5(2)17(4-9(10,11)12)7-6(18(19)20)3-14-8(15-7)16-13/h3,5H,4,13H2,1-2H3,(H,14,15,16). The van der Waals surface area contributed by atoms with E-state index < -0.39 is 35.2 Å². The van der Waals surface area contributed by atoms with Crippen molar-refractivity contribution < 1.29 is 18.1 Å². The summed E-state index contributed by atoms with van der Waals surface area (Å²) in [4.78, 5) is 18.0. The summed E-state index contributed by atoms with van der Waals surface area (Å²) in [5.41, 5.74) is 1.41. The highest BCUT2D eigenvalue weighted by atomic mass is 19.4. The molecule has 0 saturated carbocycles. The number of hydrogen-bond donors (Lipinski definition) is 2. The number of nitrogens with one attached hydrogen (secondary N) is 1. The van der Waals surface area contributed by atoms with Gasteiger partial charge in [-0.2, -0.15) is 18.2 Å². The molecular formula is C9H13F3N6O2. The molecule has 0 bridgehead atoms. The van der Waals surface area contributed by atoms with E-state index >= 15 is 0 Å². The molecule has 0 saturated heterocycles. The van der Waals surface area contributed by atoms with E-state index in [0.717, 1.165) is 11.1 Å². The third kappa shape index (κ3) is 3.91. The summed E-state index contributed by atoms with van der Waals surface area (Å²) in [6.07, 6.45) is -3.72. The van der Waals surface area contributed by atoms with E-state index in [-0.39, 0.29) is 5.95 Å².